The molecule has 0 fully saturated rings. The zero-order chi connectivity index (χ0) is 12.1. The zero-order valence-electron chi connectivity index (χ0n) is 9.01. The van der Waals surface area contributed by atoms with Gasteiger partial charge in [0.2, 0.25) is 0 Å². The quantitative estimate of drug-likeness (QED) is 0.788. The van der Waals surface area contributed by atoms with Crippen LogP contribution < -0.4 is 0 Å². The van der Waals surface area contributed by atoms with Crippen molar-refractivity contribution in [1.82, 2.24) is 0 Å². The van der Waals surface area contributed by atoms with Gasteiger partial charge in [0.05, 0.1) is 12.5 Å². The normalized spacial score (nSPS) is 13.1. The summed E-state index contributed by atoms with van der Waals surface area (Å²) in [6, 6.07) is 9.18. The molecule has 1 unspecified atom stereocenters. The second-order valence-electron chi connectivity index (χ2n) is 3.51. The molecule has 0 radical (unpaired) electrons. The van der Waals surface area contributed by atoms with Gasteiger partial charge in [-0.2, -0.15) is 0 Å². The van der Waals surface area contributed by atoms with E-state index in [4.69, 9.17) is 16.0 Å². The maximum Gasteiger partial charge on any atom is 0.135 e. The summed E-state index contributed by atoms with van der Waals surface area (Å²) in [5.74, 6) is 0.492. The van der Waals surface area contributed by atoms with Crippen molar-refractivity contribution in [2.24, 2.45) is 0 Å². The molecule has 88 valence electrons. The van der Waals surface area contributed by atoms with Crippen LogP contribution in [0.2, 0.25) is 5.02 Å². The van der Waals surface area contributed by atoms with Crippen LogP contribution in [0, 0.1) is 0 Å². The lowest BCUT2D eigenvalue weighted by Gasteiger charge is -2.05. The maximum absolute atomic E-state index is 11.8. The highest BCUT2D eigenvalue weighted by atomic mass is 35.5. The molecular formula is C13H11ClO2S. The van der Waals surface area contributed by atoms with Crippen LogP contribution in [-0.4, -0.2) is 4.55 Å². The van der Waals surface area contributed by atoms with E-state index >= 15 is 0 Å². The van der Waals surface area contributed by atoms with E-state index in [2.05, 4.69) is 0 Å². The van der Waals surface area contributed by atoms with Gasteiger partial charge >= 0.3 is 0 Å². The monoisotopic (exact) mass is 266 g/mol. The molecule has 0 bridgehead atoms. The highest BCUT2D eigenvalue weighted by molar-refractivity contribution is 7.93. The molecule has 1 aromatic heterocycles. The average molecular weight is 267 g/mol. The van der Waals surface area contributed by atoms with Crippen molar-refractivity contribution >= 4 is 28.9 Å². The molecule has 0 amide bonds. The molecular weight excluding hydrogens is 256 g/mol. The number of rotatable bonds is 4. The highest BCUT2D eigenvalue weighted by Gasteiger charge is 2.03. The van der Waals surface area contributed by atoms with E-state index in [-0.39, 0.29) is 0 Å². The predicted molar refractivity (Wildman–Crippen MR) is 71.0 cm³/mol. The number of furan rings is 1. The standard InChI is InChI=1S/C13H11ClO2S/c14-13-3-1-12(2-4-13)10-17(15)8-6-11-5-7-16-9-11/h1-9H,10H2. The second-order valence-corrected chi connectivity index (χ2v) is 5.27. The van der Waals surface area contributed by atoms with Crippen LogP contribution in [0.25, 0.3) is 6.08 Å². The van der Waals surface area contributed by atoms with Crippen LogP contribution in [0.1, 0.15) is 11.1 Å². The Labute approximate surface area is 108 Å². The summed E-state index contributed by atoms with van der Waals surface area (Å²) in [6.07, 6.45) is 4.98. The Hall–Kier alpha value is -1.16. The fourth-order valence-electron chi connectivity index (χ4n) is 1.32. The topological polar surface area (TPSA) is 36.2 Å². The molecule has 1 atom stereocenters. The van der Waals surface area contributed by atoms with Crippen LogP contribution >= 0.6 is 11.6 Å². The zero-order valence-corrected chi connectivity index (χ0v) is 10.6. The number of halogens is 1. The Bertz CT molecular complexity index is 477. The van der Waals surface area contributed by atoms with Crippen molar-refractivity contribution < 1.29 is 8.97 Å². The molecule has 4 heteroatoms. The third-order valence-electron chi connectivity index (χ3n) is 2.18. The van der Waals surface area contributed by atoms with E-state index in [9.17, 15) is 4.55 Å². The van der Waals surface area contributed by atoms with E-state index in [1.807, 2.05) is 18.2 Å². The van der Waals surface area contributed by atoms with Crippen molar-refractivity contribution in [2.45, 2.75) is 5.75 Å². The minimum absolute atomic E-state index is 0.492. The Morgan fingerprint density at radius 3 is 2.65 bits per heavy atom. The Morgan fingerprint density at radius 2 is 2.00 bits per heavy atom. The molecule has 2 aromatic rings. The number of hydrogen-bond donors (Lipinski definition) is 0. The van der Waals surface area contributed by atoms with Crippen LogP contribution in [0.4, 0.5) is 0 Å². The van der Waals surface area contributed by atoms with Gasteiger partial charge < -0.3 is 8.97 Å². The molecule has 0 aliphatic carbocycles. The molecule has 0 N–H and O–H groups in total. The molecule has 1 aromatic carbocycles. The lowest BCUT2D eigenvalue weighted by molar-refractivity contribution is 0.567. The van der Waals surface area contributed by atoms with Crippen molar-refractivity contribution in [3.05, 3.63) is 64.4 Å². The first-order valence-corrected chi connectivity index (χ1v) is 6.82. The first kappa shape index (κ1) is 12.3. The smallest absolute Gasteiger partial charge is 0.135 e. The lowest BCUT2D eigenvalue weighted by Crippen LogP contribution is -1.99. The minimum atomic E-state index is -1.03. The molecule has 0 aliphatic rings. The van der Waals surface area contributed by atoms with Crippen molar-refractivity contribution in [3.63, 3.8) is 0 Å². The van der Waals surface area contributed by atoms with E-state index < -0.39 is 11.2 Å². The SMILES string of the molecule is [O-][S+](C=Cc1ccoc1)Cc1ccc(Cl)cc1. The molecule has 0 aliphatic heterocycles. The van der Waals surface area contributed by atoms with E-state index in [0.29, 0.717) is 10.8 Å². The van der Waals surface area contributed by atoms with Crippen molar-refractivity contribution in [3.8, 4) is 0 Å². The van der Waals surface area contributed by atoms with Crippen LogP contribution in [-0.2, 0) is 16.9 Å². The van der Waals surface area contributed by atoms with Gasteiger partial charge in [0.15, 0.2) is 0 Å². The van der Waals surface area contributed by atoms with Crippen LogP contribution in [0.15, 0.2) is 52.7 Å². The number of hydrogen-bond acceptors (Lipinski definition) is 2. The molecule has 0 saturated heterocycles. The summed E-state index contributed by atoms with van der Waals surface area (Å²) < 4.78 is 16.7. The van der Waals surface area contributed by atoms with E-state index in [1.165, 1.54) is 0 Å². The van der Waals surface area contributed by atoms with Gasteiger partial charge in [0, 0.05) is 16.1 Å². The Kier molecular flexibility index (Phi) is 4.31. The summed E-state index contributed by atoms with van der Waals surface area (Å²) in [7, 11) is 0. The summed E-state index contributed by atoms with van der Waals surface area (Å²) in [5.41, 5.74) is 1.92. The highest BCUT2D eigenvalue weighted by Crippen LogP contribution is 2.13. The van der Waals surface area contributed by atoms with E-state index in [0.717, 1.165) is 11.1 Å². The van der Waals surface area contributed by atoms with Gasteiger partial charge in [-0.3, -0.25) is 0 Å². The molecule has 1 heterocycles. The third kappa shape index (κ3) is 3.97. The van der Waals surface area contributed by atoms with Crippen LogP contribution in [0.5, 0.6) is 0 Å². The van der Waals surface area contributed by atoms with Gasteiger partial charge in [0.25, 0.3) is 0 Å². The second kappa shape index (κ2) is 5.96. The van der Waals surface area contributed by atoms with Crippen molar-refractivity contribution in [1.29, 1.82) is 0 Å². The maximum atomic E-state index is 11.8. The fourth-order valence-corrected chi connectivity index (χ4v) is 2.37. The predicted octanol–water partition coefficient (Wildman–Crippen LogP) is 3.85. The molecule has 0 saturated carbocycles. The summed E-state index contributed by atoms with van der Waals surface area (Å²) in [4.78, 5) is 0. The van der Waals surface area contributed by atoms with E-state index in [1.54, 1.807) is 36.1 Å². The van der Waals surface area contributed by atoms with Gasteiger partial charge in [-0.25, -0.2) is 0 Å². The Balaban J connectivity index is 1.93. The van der Waals surface area contributed by atoms with Gasteiger partial charge in [0.1, 0.15) is 11.2 Å². The third-order valence-corrected chi connectivity index (χ3v) is 3.49. The lowest BCUT2D eigenvalue weighted by atomic mass is 10.2. The summed E-state index contributed by atoms with van der Waals surface area (Å²) >= 11 is 4.75. The van der Waals surface area contributed by atoms with Crippen LogP contribution in [0.3, 0.4) is 0 Å². The minimum Gasteiger partial charge on any atom is -0.612 e. The van der Waals surface area contributed by atoms with Gasteiger partial charge in [-0.05, 0) is 35.5 Å². The molecule has 2 nitrogen and oxygen atoms in total. The molecule has 0 spiro atoms. The Morgan fingerprint density at radius 1 is 1.24 bits per heavy atom. The number of benzene rings is 1. The molecule has 2 rings (SSSR count). The average Bonchev–Trinajstić information content (AvgIpc) is 2.83. The molecule has 17 heavy (non-hydrogen) atoms. The summed E-state index contributed by atoms with van der Waals surface area (Å²) in [5, 5.41) is 2.35. The van der Waals surface area contributed by atoms with Gasteiger partial charge in [-0.1, -0.05) is 23.7 Å². The fraction of sp³-hybridized carbons (Fsp3) is 0.0769. The largest absolute Gasteiger partial charge is 0.612 e. The van der Waals surface area contributed by atoms with Gasteiger partial charge in [-0.15, -0.1) is 0 Å². The van der Waals surface area contributed by atoms with Crippen molar-refractivity contribution in [2.75, 3.05) is 0 Å². The summed E-state index contributed by atoms with van der Waals surface area (Å²) in [6.45, 7) is 0. The first-order valence-electron chi connectivity index (χ1n) is 5.06. The first-order chi connectivity index (χ1) is 8.24.